The van der Waals surface area contributed by atoms with E-state index in [9.17, 15) is 14.4 Å². The van der Waals surface area contributed by atoms with Gasteiger partial charge in [-0.25, -0.2) is 4.98 Å². The fraction of sp³-hybridized carbons (Fsp3) is 0.391. The largest absolute Gasteiger partial charge is 0.481 e. The lowest BCUT2D eigenvalue weighted by Gasteiger charge is -2.18. The molecule has 1 aliphatic heterocycles. The molecule has 8 nitrogen and oxygen atoms in total. The molecular weight excluding hydrogens is 400 g/mol. The summed E-state index contributed by atoms with van der Waals surface area (Å²) in [6.07, 6.45) is 3.95. The Bertz CT molecular complexity index is 1050. The van der Waals surface area contributed by atoms with Gasteiger partial charge in [-0.2, -0.15) is 0 Å². The maximum absolute atomic E-state index is 12.9. The van der Waals surface area contributed by atoms with Gasteiger partial charge in [-0.05, 0) is 36.6 Å². The van der Waals surface area contributed by atoms with Crippen LogP contribution in [0.2, 0.25) is 0 Å². The van der Waals surface area contributed by atoms with Crippen LogP contribution in [-0.2, 0) is 9.59 Å². The van der Waals surface area contributed by atoms with Gasteiger partial charge in [-0.3, -0.25) is 14.4 Å². The molecule has 5 rings (SSSR count). The van der Waals surface area contributed by atoms with Crippen LogP contribution in [0.5, 0.6) is 11.6 Å². The number of carbonyl (C=O) groups is 3. The maximum Gasteiger partial charge on any atom is 0.303 e. The lowest BCUT2D eigenvalue weighted by Crippen LogP contribution is -2.32. The van der Waals surface area contributed by atoms with E-state index in [1.165, 1.54) is 0 Å². The summed E-state index contributed by atoms with van der Waals surface area (Å²) >= 11 is 0. The summed E-state index contributed by atoms with van der Waals surface area (Å²) in [4.78, 5) is 42.2. The molecule has 1 unspecified atom stereocenters. The van der Waals surface area contributed by atoms with E-state index in [4.69, 9.17) is 14.6 Å². The van der Waals surface area contributed by atoms with Gasteiger partial charge in [0.2, 0.25) is 5.88 Å². The number of benzene rings is 1. The van der Waals surface area contributed by atoms with Crippen molar-refractivity contribution in [2.24, 2.45) is 0 Å². The number of hydrogen-bond donors (Lipinski definition) is 1. The first-order valence-electron chi connectivity index (χ1n) is 10.5. The van der Waals surface area contributed by atoms with Crippen molar-refractivity contribution in [3.05, 3.63) is 47.7 Å². The molecule has 1 N–H and O–H groups in total. The minimum absolute atomic E-state index is 0.0742. The van der Waals surface area contributed by atoms with Crippen LogP contribution >= 0.6 is 0 Å². The van der Waals surface area contributed by atoms with Crippen molar-refractivity contribution < 1.29 is 29.0 Å². The number of ketones is 1. The zero-order valence-electron chi connectivity index (χ0n) is 16.8. The molecule has 0 bridgehead atoms. The maximum atomic E-state index is 12.9. The number of carboxylic acids is 1. The Kier molecular flexibility index (Phi) is 4.84. The van der Waals surface area contributed by atoms with Crippen molar-refractivity contribution >= 4 is 23.3 Å². The minimum Gasteiger partial charge on any atom is -0.481 e. The Hall–Kier alpha value is -3.42. The molecule has 2 heterocycles. The van der Waals surface area contributed by atoms with Crippen LogP contribution in [-0.4, -0.2) is 46.5 Å². The van der Waals surface area contributed by atoms with Crippen LogP contribution in [0.15, 0.2) is 36.5 Å². The van der Waals surface area contributed by atoms with E-state index in [1.54, 1.807) is 41.4 Å². The summed E-state index contributed by atoms with van der Waals surface area (Å²) in [5.74, 6) is -0.431. The molecule has 1 aromatic heterocycles. The van der Waals surface area contributed by atoms with Crippen LogP contribution in [0.3, 0.4) is 0 Å². The van der Waals surface area contributed by atoms with Gasteiger partial charge in [-0.1, -0.05) is 6.07 Å². The van der Waals surface area contributed by atoms with Gasteiger partial charge in [0.05, 0.1) is 12.6 Å². The van der Waals surface area contributed by atoms with Crippen LogP contribution in [0, 0.1) is 0 Å². The lowest BCUT2D eigenvalue weighted by atomic mass is 9.97. The molecule has 2 aromatic rings. The molecule has 1 saturated heterocycles. The van der Waals surface area contributed by atoms with Gasteiger partial charge in [0.15, 0.2) is 11.9 Å². The number of nitrogens with zero attached hydrogens (tertiary/aromatic N) is 2. The van der Waals surface area contributed by atoms with Crippen molar-refractivity contribution in [2.75, 3.05) is 11.4 Å². The molecule has 2 atom stereocenters. The quantitative estimate of drug-likeness (QED) is 0.731. The number of carbonyl (C=O) groups excluding carboxylic acids is 2. The van der Waals surface area contributed by atoms with E-state index in [2.05, 4.69) is 4.98 Å². The second-order valence-electron chi connectivity index (χ2n) is 8.23. The highest BCUT2D eigenvalue weighted by molar-refractivity contribution is 6.04. The fourth-order valence-corrected chi connectivity index (χ4v) is 4.19. The fourth-order valence-electron chi connectivity index (χ4n) is 4.19. The number of anilines is 1. The van der Waals surface area contributed by atoms with Crippen LogP contribution < -0.4 is 14.4 Å². The van der Waals surface area contributed by atoms with Crippen molar-refractivity contribution in [1.29, 1.82) is 0 Å². The average molecular weight is 422 g/mol. The van der Waals surface area contributed by atoms with Gasteiger partial charge in [0, 0.05) is 42.6 Å². The van der Waals surface area contributed by atoms with E-state index >= 15 is 0 Å². The number of Topliss-reactive ketones (excluding diaryl/α,β-unsaturated/α-hetero) is 1. The summed E-state index contributed by atoms with van der Waals surface area (Å²) in [5.41, 5.74) is 1.89. The van der Waals surface area contributed by atoms with Gasteiger partial charge in [0.1, 0.15) is 11.9 Å². The number of rotatable bonds is 7. The number of aromatic nitrogens is 1. The van der Waals surface area contributed by atoms with Crippen molar-refractivity contribution in [1.82, 2.24) is 4.98 Å². The number of amides is 1. The molecule has 1 amide bonds. The molecule has 2 fully saturated rings. The summed E-state index contributed by atoms with van der Waals surface area (Å²) in [5, 5.41) is 9.06. The molecule has 1 saturated carbocycles. The molecule has 160 valence electrons. The number of carboxylic acid groups (broad SMARTS) is 1. The van der Waals surface area contributed by atoms with E-state index in [-0.39, 0.29) is 36.6 Å². The Morgan fingerprint density at radius 2 is 1.97 bits per heavy atom. The Labute approximate surface area is 178 Å². The highest BCUT2D eigenvalue weighted by Crippen LogP contribution is 2.38. The van der Waals surface area contributed by atoms with E-state index in [0.717, 1.165) is 18.4 Å². The van der Waals surface area contributed by atoms with Crippen LogP contribution in [0.1, 0.15) is 53.9 Å². The molecule has 8 heteroatoms. The first-order valence-corrected chi connectivity index (χ1v) is 10.5. The lowest BCUT2D eigenvalue weighted by molar-refractivity contribution is -0.137. The standard InChI is InChI=1S/C23H22N2O6/c26-19-9-13(10-22(27)28)17-5-1-14(11-18(17)19)25-8-7-20(23(25)29)30-16-4-6-21(24-12-16)31-15-2-3-15/h1,4-6,11-13,15,20H,2-3,7-10H2,(H,27,28)/t13?,20-/m1/s1. The van der Waals surface area contributed by atoms with Crippen molar-refractivity contribution in [3.8, 4) is 11.6 Å². The smallest absolute Gasteiger partial charge is 0.303 e. The minimum atomic E-state index is -0.925. The normalized spacial score (nSPS) is 22.5. The Morgan fingerprint density at radius 1 is 1.13 bits per heavy atom. The zero-order valence-corrected chi connectivity index (χ0v) is 16.8. The van der Waals surface area contributed by atoms with Gasteiger partial charge in [0.25, 0.3) is 5.91 Å². The van der Waals surface area contributed by atoms with E-state index in [1.807, 2.05) is 0 Å². The SMILES string of the molecule is O=C(O)CC1CC(=O)c2cc(N3CC[C@@H](Oc4ccc(OC5CC5)nc4)C3=O)ccc21. The molecule has 31 heavy (non-hydrogen) atoms. The average Bonchev–Trinajstić information content (AvgIpc) is 3.42. The summed E-state index contributed by atoms with van der Waals surface area (Å²) in [7, 11) is 0. The molecule has 0 spiro atoms. The molecule has 1 aromatic carbocycles. The third-order valence-electron chi connectivity index (χ3n) is 5.90. The molecular formula is C23H22N2O6. The third kappa shape index (κ3) is 3.97. The van der Waals surface area contributed by atoms with Crippen molar-refractivity contribution in [2.45, 2.75) is 50.2 Å². The number of fused-ring (bicyclic) bond motifs is 1. The molecule has 3 aliphatic rings. The van der Waals surface area contributed by atoms with E-state index in [0.29, 0.717) is 35.8 Å². The third-order valence-corrected chi connectivity index (χ3v) is 5.90. The Morgan fingerprint density at radius 3 is 2.68 bits per heavy atom. The highest BCUT2D eigenvalue weighted by atomic mass is 16.5. The number of ether oxygens (including phenoxy) is 2. The van der Waals surface area contributed by atoms with Crippen LogP contribution in [0.25, 0.3) is 0 Å². The Balaban J connectivity index is 1.27. The summed E-state index contributed by atoms with van der Waals surface area (Å²) in [6.45, 7) is 0.478. The van der Waals surface area contributed by atoms with E-state index < -0.39 is 12.1 Å². The summed E-state index contributed by atoms with van der Waals surface area (Å²) < 4.78 is 11.5. The second kappa shape index (κ2) is 7.68. The summed E-state index contributed by atoms with van der Waals surface area (Å²) in [6, 6.07) is 8.73. The van der Waals surface area contributed by atoms with Gasteiger partial charge >= 0.3 is 5.97 Å². The predicted octanol–water partition coefficient (Wildman–Crippen LogP) is 2.95. The second-order valence-corrected chi connectivity index (χ2v) is 8.23. The van der Waals surface area contributed by atoms with Crippen molar-refractivity contribution in [3.63, 3.8) is 0 Å². The highest BCUT2D eigenvalue weighted by Gasteiger charge is 2.36. The van der Waals surface area contributed by atoms with Gasteiger partial charge in [-0.15, -0.1) is 0 Å². The molecule has 0 radical (unpaired) electrons. The van der Waals surface area contributed by atoms with Crippen LogP contribution in [0.4, 0.5) is 5.69 Å². The number of hydrogen-bond acceptors (Lipinski definition) is 6. The number of pyridine rings is 1. The number of aliphatic carboxylic acids is 1. The predicted molar refractivity (Wildman–Crippen MR) is 110 cm³/mol. The first kappa shape index (κ1) is 19.5. The monoisotopic (exact) mass is 422 g/mol. The topological polar surface area (TPSA) is 106 Å². The first-order chi connectivity index (χ1) is 15.0. The zero-order chi connectivity index (χ0) is 21.5. The molecule has 2 aliphatic carbocycles. The van der Waals surface area contributed by atoms with Gasteiger partial charge < -0.3 is 19.5 Å².